The number of amides is 3. The maximum Gasteiger partial charge on any atom is 0.271 e. The third-order valence-corrected chi connectivity index (χ3v) is 4.02. The molecule has 0 radical (unpaired) electrons. The van der Waals surface area contributed by atoms with E-state index in [2.05, 4.69) is 15.7 Å². The van der Waals surface area contributed by atoms with Crippen molar-refractivity contribution in [3.05, 3.63) is 60.2 Å². The van der Waals surface area contributed by atoms with E-state index >= 15 is 0 Å². The Labute approximate surface area is 157 Å². The number of para-hydroxylation sites is 1. The molecule has 0 aliphatic carbocycles. The Hall–Kier alpha value is -3.48. The molecule has 0 spiro atoms. The predicted octanol–water partition coefficient (Wildman–Crippen LogP) is 2.56. The molecule has 2 aromatic rings. The smallest absolute Gasteiger partial charge is 0.271 e. The first-order valence-electron chi connectivity index (χ1n) is 8.73. The summed E-state index contributed by atoms with van der Waals surface area (Å²) in [6, 6.07) is 15.7. The van der Waals surface area contributed by atoms with Crippen molar-refractivity contribution in [3.8, 4) is 0 Å². The highest BCUT2D eigenvalue weighted by Crippen LogP contribution is 2.20. The van der Waals surface area contributed by atoms with E-state index in [9.17, 15) is 14.4 Å². The van der Waals surface area contributed by atoms with Crippen LogP contribution >= 0.6 is 0 Å². The Bertz CT molecular complexity index is 893. The van der Waals surface area contributed by atoms with E-state index in [1.165, 1.54) is 5.01 Å². The van der Waals surface area contributed by atoms with Crippen LogP contribution in [0.2, 0.25) is 0 Å². The Morgan fingerprint density at radius 2 is 1.81 bits per heavy atom. The fourth-order valence-corrected chi connectivity index (χ4v) is 2.69. The fraction of sp³-hybridized carbons (Fsp3) is 0.200. The van der Waals surface area contributed by atoms with E-state index in [1.807, 2.05) is 13.0 Å². The van der Waals surface area contributed by atoms with Gasteiger partial charge in [0.05, 0.1) is 5.69 Å². The minimum absolute atomic E-state index is 0.156. The Balaban J connectivity index is 1.77. The third-order valence-electron chi connectivity index (χ3n) is 4.02. The summed E-state index contributed by atoms with van der Waals surface area (Å²) in [5.41, 5.74) is 1.84. The van der Waals surface area contributed by atoms with Crippen molar-refractivity contribution in [3.63, 3.8) is 0 Å². The van der Waals surface area contributed by atoms with Crippen molar-refractivity contribution in [1.82, 2.24) is 5.32 Å². The van der Waals surface area contributed by atoms with Crippen LogP contribution in [0.4, 0.5) is 11.4 Å². The minimum Gasteiger partial charge on any atom is -0.352 e. The van der Waals surface area contributed by atoms with Crippen LogP contribution in [-0.2, 0) is 9.59 Å². The normalized spacial score (nSPS) is 13.7. The Kier molecular flexibility index (Phi) is 5.61. The third kappa shape index (κ3) is 4.38. The summed E-state index contributed by atoms with van der Waals surface area (Å²) in [4.78, 5) is 36.7. The van der Waals surface area contributed by atoms with Crippen LogP contribution in [0.25, 0.3) is 0 Å². The van der Waals surface area contributed by atoms with Gasteiger partial charge in [-0.3, -0.25) is 14.4 Å². The molecule has 3 amide bonds. The predicted molar refractivity (Wildman–Crippen MR) is 104 cm³/mol. The van der Waals surface area contributed by atoms with Crippen molar-refractivity contribution < 1.29 is 14.4 Å². The van der Waals surface area contributed by atoms with Crippen LogP contribution in [0.3, 0.4) is 0 Å². The van der Waals surface area contributed by atoms with Crippen molar-refractivity contribution in [2.75, 3.05) is 16.9 Å². The molecule has 2 N–H and O–H groups in total. The maximum absolute atomic E-state index is 12.6. The zero-order valence-electron chi connectivity index (χ0n) is 14.9. The van der Waals surface area contributed by atoms with E-state index in [1.54, 1.807) is 48.5 Å². The number of carbonyl (C=O) groups excluding carboxylic acids is 3. The lowest BCUT2D eigenvalue weighted by atomic mass is 10.1. The largest absolute Gasteiger partial charge is 0.352 e. The van der Waals surface area contributed by atoms with Crippen LogP contribution in [0, 0.1) is 0 Å². The van der Waals surface area contributed by atoms with E-state index in [-0.39, 0.29) is 30.4 Å². The highest BCUT2D eigenvalue weighted by atomic mass is 16.2. The first kappa shape index (κ1) is 18.3. The molecule has 0 aromatic heterocycles. The molecule has 0 fully saturated rings. The van der Waals surface area contributed by atoms with Gasteiger partial charge in [0.25, 0.3) is 11.8 Å². The van der Waals surface area contributed by atoms with E-state index in [0.717, 1.165) is 0 Å². The van der Waals surface area contributed by atoms with Crippen LogP contribution in [-0.4, -0.2) is 30.0 Å². The molecular formula is C20H20N4O3. The van der Waals surface area contributed by atoms with Crippen molar-refractivity contribution >= 4 is 34.8 Å². The van der Waals surface area contributed by atoms with Gasteiger partial charge in [-0.2, -0.15) is 5.10 Å². The highest BCUT2D eigenvalue weighted by Gasteiger charge is 2.25. The van der Waals surface area contributed by atoms with E-state index in [4.69, 9.17) is 0 Å². The average Bonchev–Trinajstić information content (AvgIpc) is 2.69. The number of hydrogen-bond acceptors (Lipinski definition) is 4. The van der Waals surface area contributed by atoms with Crippen LogP contribution < -0.4 is 15.6 Å². The Morgan fingerprint density at radius 3 is 2.56 bits per heavy atom. The molecule has 7 heteroatoms. The number of rotatable bonds is 5. The van der Waals surface area contributed by atoms with Gasteiger partial charge in [0.2, 0.25) is 5.91 Å². The summed E-state index contributed by atoms with van der Waals surface area (Å²) in [5, 5.41) is 10.9. The topological polar surface area (TPSA) is 90.9 Å². The molecule has 0 saturated heterocycles. The first-order chi connectivity index (χ1) is 13.1. The number of nitrogens with zero attached hydrogens (tertiary/aromatic N) is 2. The van der Waals surface area contributed by atoms with Crippen LogP contribution in [0.15, 0.2) is 59.7 Å². The summed E-state index contributed by atoms with van der Waals surface area (Å²) in [5.74, 6) is -0.753. The van der Waals surface area contributed by atoms with Crippen molar-refractivity contribution in [2.24, 2.45) is 5.10 Å². The molecule has 7 nitrogen and oxygen atoms in total. The minimum atomic E-state index is -0.392. The number of hydrazone groups is 1. The number of carbonyl (C=O) groups is 3. The van der Waals surface area contributed by atoms with Crippen molar-refractivity contribution in [2.45, 2.75) is 19.8 Å². The molecule has 2 aromatic carbocycles. The monoisotopic (exact) mass is 364 g/mol. The van der Waals surface area contributed by atoms with Gasteiger partial charge in [0.1, 0.15) is 5.71 Å². The summed E-state index contributed by atoms with van der Waals surface area (Å²) in [6.07, 6.45) is 0.476. The SMILES string of the molecule is CCNC(=O)c1cccc(NC(=O)C2=NN(c3ccccc3)C(=O)CC2)c1. The van der Waals surface area contributed by atoms with E-state index in [0.29, 0.717) is 23.5 Å². The lowest BCUT2D eigenvalue weighted by Crippen LogP contribution is -2.36. The summed E-state index contributed by atoms with van der Waals surface area (Å²) >= 11 is 0. The van der Waals surface area contributed by atoms with Gasteiger partial charge in [0, 0.05) is 30.6 Å². The molecular weight excluding hydrogens is 344 g/mol. The zero-order valence-corrected chi connectivity index (χ0v) is 14.9. The number of nitrogens with one attached hydrogen (secondary N) is 2. The molecule has 138 valence electrons. The molecule has 1 heterocycles. The van der Waals surface area contributed by atoms with Gasteiger partial charge in [0.15, 0.2) is 0 Å². The maximum atomic E-state index is 12.6. The Morgan fingerprint density at radius 1 is 1.04 bits per heavy atom. The summed E-state index contributed by atoms with van der Waals surface area (Å²) < 4.78 is 0. The second-order valence-electron chi connectivity index (χ2n) is 5.98. The van der Waals surface area contributed by atoms with Crippen LogP contribution in [0.1, 0.15) is 30.1 Å². The zero-order chi connectivity index (χ0) is 19.2. The van der Waals surface area contributed by atoms with Gasteiger partial charge in [-0.25, -0.2) is 5.01 Å². The molecule has 0 saturated carbocycles. The molecule has 27 heavy (non-hydrogen) atoms. The van der Waals surface area contributed by atoms with Gasteiger partial charge in [-0.1, -0.05) is 24.3 Å². The molecule has 3 rings (SSSR count). The fourth-order valence-electron chi connectivity index (χ4n) is 2.69. The molecule has 0 atom stereocenters. The van der Waals surface area contributed by atoms with Gasteiger partial charge in [-0.05, 0) is 37.3 Å². The number of anilines is 2. The number of hydrogen-bond donors (Lipinski definition) is 2. The quantitative estimate of drug-likeness (QED) is 0.854. The second-order valence-corrected chi connectivity index (χ2v) is 5.98. The molecule has 0 bridgehead atoms. The first-order valence-corrected chi connectivity index (χ1v) is 8.73. The standard InChI is InChI=1S/C20H20N4O3/c1-2-21-19(26)14-7-6-8-15(13-14)22-20(27)17-11-12-18(25)24(23-17)16-9-4-3-5-10-16/h3-10,13H,2,11-12H2,1H3,(H,21,26)(H,22,27). The number of benzene rings is 2. The van der Waals surface area contributed by atoms with E-state index < -0.39 is 5.91 Å². The lowest BCUT2D eigenvalue weighted by molar-refractivity contribution is -0.118. The van der Waals surface area contributed by atoms with Crippen molar-refractivity contribution in [1.29, 1.82) is 0 Å². The van der Waals surface area contributed by atoms with Crippen LogP contribution in [0.5, 0.6) is 0 Å². The second kappa shape index (κ2) is 8.27. The van der Waals surface area contributed by atoms with Gasteiger partial charge in [-0.15, -0.1) is 0 Å². The van der Waals surface area contributed by atoms with Gasteiger partial charge >= 0.3 is 0 Å². The summed E-state index contributed by atoms with van der Waals surface area (Å²) in [6.45, 7) is 2.36. The van der Waals surface area contributed by atoms with Gasteiger partial charge < -0.3 is 10.6 Å². The summed E-state index contributed by atoms with van der Waals surface area (Å²) in [7, 11) is 0. The average molecular weight is 364 g/mol. The highest BCUT2D eigenvalue weighted by molar-refractivity contribution is 6.44. The molecule has 1 aliphatic heterocycles. The molecule has 0 unspecified atom stereocenters. The lowest BCUT2D eigenvalue weighted by Gasteiger charge is -2.23. The molecule has 1 aliphatic rings.